The lowest BCUT2D eigenvalue weighted by Crippen LogP contribution is -1.89. The van der Waals surface area contributed by atoms with Crippen molar-refractivity contribution in [3.63, 3.8) is 0 Å². The van der Waals surface area contributed by atoms with Crippen LogP contribution in [-0.2, 0) is 0 Å². The van der Waals surface area contributed by atoms with Crippen molar-refractivity contribution in [1.29, 1.82) is 0 Å². The van der Waals surface area contributed by atoms with Gasteiger partial charge in [-0.15, -0.1) is 0 Å². The maximum absolute atomic E-state index is 12.3. The third-order valence-corrected chi connectivity index (χ3v) is 3.00. The molecule has 1 rings (SSSR count). The molecular weight excluding hydrogens is 296 g/mol. The van der Waals surface area contributed by atoms with Gasteiger partial charge >= 0.3 is 0 Å². The summed E-state index contributed by atoms with van der Waals surface area (Å²) in [6, 6.07) is 2.98. The number of rotatable bonds is 1. The molecular formula is C8H6ClF2I. The number of hydrogen-bond acceptors (Lipinski definition) is 0. The molecule has 0 radical (unpaired) electrons. The average molecular weight is 302 g/mol. The van der Waals surface area contributed by atoms with Crippen LogP contribution in [-0.4, -0.2) is 0 Å². The van der Waals surface area contributed by atoms with Crippen LogP contribution in [0.1, 0.15) is 17.6 Å². The van der Waals surface area contributed by atoms with Gasteiger partial charge in [0.2, 0.25) is 0 Å². The van der Waals surface area contributed by atoms with Crippen LogP contribution in [0, 0.1) is 10.5 Å². The van der Waals surface area contributed by atoms with Gasteiger partial charge in [0, 0.05) is 14.2 Å². The summed E-state index contributed by atoms with van der Waals surface area (Å²) in [7, 11) is 0. The molecule has 0 aliphatic rings. The normalized spacial score (nSPS) is 10.8. The van der Waals surface area contributed by atoms with Gasteiger partial charge in [-0.2, -0.15) is 0 Å². The molecule has 0 fully saturated rings. The highest BCUT2D eigenvalue weighted by atomic mass is 127. The van der Waals surface area contributed by atoms with Crippen LogP contribution in [0.25, 0.3) is 0 Å². The SMILES string of the molecule is Cc1cc(Cl)c(C(F)F)cc1I. The van der Waals surface area contributed by atoms with E-state index in [0.717, 1.165) is 9.13 Å². The number of aryl methyl sites for hydroxylation is 1. The minimum atomic E-state index is -2.49. The molecule has 0 aromatic heterocycles. The molecule has 1 aromatic carbocycles. The van der Waals surface area contributed by atoms with E-state index in [2.05, 4.69) is 0 Å². The summed E-state index contributed by atoms with van der Waals surface area (Å²) in [5.41, 5.74) is 0.830. The number of benzene rings is 1. The summed E-state index contributed by atoms with van der Waals surface area (Å²) in [5.74, 6) is 0. The summed E-state index contributed by atoms with van der Waals surface area (Å²) in [6.45, 7) is 1.84. The first-order valence-electron chi connectivity index (χ1n) is 3.26. The van der Waals surface area contributed by atoms with E-state index in [-0.39, 0.29) is 10.6 Å². The Bertz CT molecular complexity index is 299. The molecule has 0 nitrogen and oxygen atoms in total. The lowest BCUT2D eigenvalue weighted by molar-refractivity contribution is 0.151. The molecule has 0 N–H and O–H groups in total. The van der Waals surface area contributed by atoms with Gasteiger partial charge in [0.1, 0.15) is 0 Å². The van der Waals surface area contributed by atoms with Crippen molar-refractivity contribution in [2.75, 3.05) is 0 Å². The maximum atomic E-state index is 12.3. The standard InChI is InChI=1S/C8H6ClF2I/c1-4-2-6(9)5(8(10)11)3-7(4)12/h2-3,8H,1H3. The molecule has 12 heavy (non-hydrogen) atoms. The first-order valence-corrected chi connectivity index (χ1v) is 4.71. The van der Waals surface area contributed by atoms with Crippen LogP contribution in [0.4, 0.5) is 8.78 Å². The van der Waals surface area contributed by atoms with Crippen molar-refractivity contribution in [2.45, 2.75) is 13.3 Å². The fraction of sp³-hybridized carbons (Fsp3) is 0.250. The Morgan fingerprint density at radius 2 is 2.00 bits per heavy atom. The third-order valence-electron chi connectivity index (χ3n) is 1.51. The second-order valence-corrected chi connectivity index (χ2v) is 3.99. The Hall–Kier alpha value is 0.100. The minimum Gasteiger partial charge on any atom is -0.205 e. The van der Waals surface area contributed by atoms with Gasteiger partial charge in [-0.1, -0.05) is 11.6 Å². The van der Waals surface area contributed by atoms with Crippen LogP contribution in [0.15, 0.2) is 12.1 Å². The molecule has 0 heterocycles. The van der Waals surface area contributed by atoms with Gasteiger partial charge < -0.3 is 0 Å². The van der Waals surface area contributed by atoms with E-state index < -0.39 is 6.43 Å². The van der Waals surface area contributed by atoms with E-state index in [4.69, 9.17) is 11.6 Å². The molecule has 0 unspecified atom stereocenters. The molecule has 1 aromatic rings. The van der Waals surface area contributed by atoms with Gasteiger partial charge in [0.05, 0.1) is 0 Å². The Morgan fingerprint density at radius 1 is 1.42 bits per heavy atom. The smallest absolute Gasteiger partial charge is 0.205 e. The van der Waals surface area contributed by atoms with Crippen LogP contribution in [0.3, 0.4) is 0 Å². The molecule has 0 saturated heterocycles. The molecule has 66 valence electrons. The Morgan fingerprint density at radius 3 is 2.50 bits per heavy atom. The summed E-state index contributed by atoms with van der Waals surface area (Å²) < 4.78 is 25.3. The van der Waals surface area contributed by atoms with Crippen molar-refractivity contribution in [2.24, 2.45) is 0 Å². The quantitative estimate of drug-likeness (QED) is 0.682. The predicted molar refractivity (Wildman–Crippen MR) is 53.9 cm³/mol. The number of alkyl halides is 2. The van der Waals surface area contributed by atoms with Crippen LogP contribution in [0.2, 0.25) is 5.02 Å². The first kappa shape index (κ1) is 10.2. The molecule has 0 aliphatic heterocycles. The summed E-state index contributed by atoms with van der Waals surface area (Å²) in [6.07, 6.45) is -2.49. The maximum Gasteiger partial charge on any atom is 0.265 e. The monoisotopic (exact) mass is 302 g/mol. The highest BCUT2D eigenvalue weighted by Gasteiger charge is 2.12. The van der Waals surface area contributed by atoms with Crippen LogP contribution in [0.5, 0.6) is 0 Å². The molecule has 0 saturated carbocycles. The highest BCUT2D eigenvalue weighted by molar-refractivity contribution is 14.1. The zero-order chi connectivity index (χ0) is 9.30. The van der Waals surface area contributed by atoms with Gasteiger partial charge in [-0.25, -0.2) is 8.78 Å². The summed E-state index contributed by atoms with van der Waals surface area (Å²) in [5, 5.41) is 0.142. The second-order valence-electron chi connectivity index (χ2n) is 2.42. The Balaban J connectivity index is 3.23. The second kappa shape index (κ2) is 3.87. The molecule has 0 amide bonds. The van der Waals surface area contributed by atoms with Gasteiger partial charge in [-0.05, 0) is 47.2 Å². The van der Waals surface area contributed by atoms with Crippen molar-refractivity contribution in [3.05, 3.63) is 31.9 Å². The molecule has 0 spiro atoms. The van der Waals surface area contributed by atoms with Gasteiger partial charge in [0.25, 0.3) is 6.43 Å². The van der Waals surface area contributed by atoms with Crippen molar-refractivity contribution >= 4 is 34.2 Å². The van der Waals surface area contributed by atoms with Gasteiger partial charge in [0.15, 0.2) is 0 Å². The Labute approximate surface area is 88.1 Å². The minimum absolute atomic E-state index is 0.0910. The number of hydrogen-bond donors (Lipinski definition) is 0. The molecule has 0 aliphatic carbocycles. The van der Waals surface area contributed by atoms with Crippen molar-refractivity contribution in [1.82, 2.24) is 0 Å². The largest absolute Gasteiger partial charge is 0.265 e. The van der Waals surface area contributed by atoms with Crippen LogP contribution < -0.4 is 0 Å². The lowest BCUT2D eigenvalue weighted by atomic mass is 10.1. The van der Waals surface area contributed by atoms with E-state index in [9.17, 15) is 8.78 Å². The fourth-order valence-electron chi connectivity index (χ4n) is 0.829. The lowest BCUT2D eigenvalue weighted by Gasteiger charge is -2.05. The van der Waals surface area contributed by atoms with E-state index >= 15 is 0 Å². The van der Waals surface area contributed by atoms with E-state index in [1.165, 1.54) is 6.07 Å². The molecule has 0 bridgehead atoms. The molecule has 4 heteroatoms. The summed E-state index contributed by atoms with van der Waals surface area (Å²) >= 11 is 7.62. The van der Waals surface area contributed by atoms with E-state index in [1.54, 1.807) is 6.07 Å². The third kappa shape index (κ3) is 2.07. The summed E-state index contributed by atoms with van der Waals surface area (Å²) in [4.78, 5) is 0. The Kier molecular flexibility index (Phi) is 3.29. The zero-order valence-electron chi connectivity index (χ0n) is 6.24. The highest BCUT2D eigenvalue weighted by Crippen LogP contribution is 2.30. The zero-order valence-corrected chi connectivity index (χ0v) is 9.16. The van der Waals surface area contributed by atoms with E-state index in [1.807, 2.05) is 29.5 Å². The number of halogens is 4. The van der Waals surface area contributed by atoms with Crippen molar-refractivity contribution in [3.8, 4) is 0 Å². The van der Waals surface area contributed by atoms with E-state index in [0.29, 0.717) is 0 Å². The van der Waals surface area contributed by atoms with Crippen LogP contribution >= 0.6 is 34.2 Å². The molecule has 0 atom stereocenters. The van der Waals surface area contributed by atoms with Crippen molar-refractivity contribution < 1.29 is 8.78 Å². The average Bonchev–Trinajstić information content (AvgIpc) is 1.96. The topological polar surface area (TPSA) is 0 Å². The van der Waals surface area contributed by atoms with Gasteiger partial charge in [-0.3, -0.25) is 0 Å². The first-order chi connectivity index (χ1) is 5.52. The fourth-order valence-corrected chi connectivity index (χ4v) is 1.62. The predicted octanol–water partition coefficient (Wildman–Crippen LogP) is 4.19.